The van der Waals surface area contributed by atoms with E-state index in [0.29, 0.717) is 6.04 Å². The predicted octanol–water partition coefficient (Wildman–Crippen LogP) is 4.90. The first kappa shape index (κ1) is 20.1. The predicted molar refractivity (Wildman–Crippen MR) is 123 cm³/mol. The Hall–Kier alpha value is -1.81. The van der Waals surface area contributed by atoms with Crippen LogP contribution in [0.15, 0.2) is 36.4 Å². The van der Waals surface area contributed by atoms with Crippen LogP contribution in [0.5, 0.6) is 0 Å². The van der Waals surface area contributed by atoms with Crippen LogP contribution in [0, 0.1) is 17.8 Å². The van der Waals surface area contributed by atoms with E-state index >= 15 is 0 Å². The third-order valence-corrected chi connectivity index (χ3v) is 8.70. The van der Waals surface area contributed by atoms with Crippen molar-refractivity contribution in [2.75, 3.05) is 38.6 Å². The standard InChI is InChI=1S/C26H37N3O/c1-19(22-18-20-9-10-21(22)17-20)28-15-12-26(13-16-28)11-6-14-29(25(30)27(2)3)24-8-5-4-7-23(24)26/h4-5,7-10,19-22H,6,11-18H2,1-3H3. The second kappa shape index (κ2) is 7.71. The van der Waals surface area contributed by atoms with Gasteiger partial charge < -0.3 is 9.80 Å². The molecule has 4 aliphatic rings. The number of amides is 2. The molecule has 1 saturated heterocycles. The van der Waals surface area contributed by atoms with E-state index in [1.54, 1.807) is 4.90 Å². The third-order valence-electron chi connectivity index (χ3n) is 8.70. The van der Waals surface area contributed by atoms with Gasteiger partial charge in [-0.05, 0) is 93.3 Å². The van der Waals surface area contributed by atoms with Gasteiger partial charge in [-0.25, -0.2) is 4.79 Å². The molecule has 162 valence electrons. The second-order valence-corrected chi connectivity index (χ2v) is 10.5. The zero-order valence-electron chi connectivity index (χ0n) is 18.9. The lowest BCUT2D eigenvalue weighted by Gasteiger charge is -2.46. The second-order valence-electron chi connectivity index (χ2n) is 10.5. The number of anilines is 1. The summed E-state index contributed by atoms with van der Waals surface area (Å²) in [5.74, 6) is 2.53. The van der Waals surface area contributed by atoms with E-state index in [1.165, 1.54) is 50.8 Å². The molecule has 1 aromatic carbocycles. The maximum atomic E-state index is 12.9. The monoisotopic (exact) mass is 407 g/mol. The first-order valence-electron chi connectivity index (χ1n) is 12.0. The van der Waals surface area contributed by atoms with Crippen LogP contribution in [0.3, 0.4) is 0 Å². The van der Waals surface area contributed by atoms with Gasteiger partial charge in [-0.15, -0.1) is 0 Å². The Morgan fingerprint density at radius 3 is 2.50 bits per heavy atom. The number of para-hydroxylation sites is 1. The van der Waals surface area contributed by atoms with Gasteiger partial charge in [-0.3, -0.25) is 4.90 Å². The average Bonchev–Trinajstić information content (AvgIpc) is 3.36. The highest BCUT2D eigenvalue weighted by Crippen LogP contribution is 2.49. The fourth-order valence-corrected chi connectivity index (χ4v) is 6.96. The number of likely N-dealkylation sites (tertiary alicyclic amines) is 1. The molecule has 0 aromatic heterocycles. The van der Waals surface area contributed by atoms with Crippen molar-refractivity contribution in [2.45, 2.75) is 56.9 Å². The summed E-state index contributed by atoms with van der Waals surface area (Å²) in [6, 6.07) is 9.52. The van der Waals surface area contributed by atoms with Gasteiger partial charge in [0, 0.05) is 32.4 Å². The molecule has 4 unspecified atom stereocenters. The maximum absolute atomic E-state index is 12.9. The highest BCUT2D eigenvalue weighted by molar-refractivity contribution is 5.93. The molecule has 1 spiro atoms. The Bertz CT molecular complexity index is 823. The molecule has 4 atom stereocenters. The molecular formula is C26H37N3O. The van der Waals surface area contributed by atoms with Crippen LogP contribution < -0.4 is 4.90 Å². The van der Waals surface area contributed by atoms with Crippen molar-refractivity contribution in [3.05, 3.63) is 42.0 Å². The Morgan fingerprint density at radius 1 is 1.07 bits per heavy atom. The van der Waals surface area contributed by atoms with Gasteiger partial charge in [0.25, 0.3) is 0 Å². The molecule has 2 aliphatic carbocycles. The Labute approximate surface area is 181 Å². The van der Waals surface area contributed by atoms with E-state index in [0.717, 1.165) is 36.4 Å². The van der Waals surface area contributed by atoms with Crippen LogP contribution >= 0.6 is 0 Å². The van der Waals surface area contributed by atoms with Crippen molar-refractivity contribution in [3.63, 3.8) is 0 Å². The zero-order chi connectivity index (χ0) is 20.9. The first-order valence-corrected chi connectivity index (χ1v) is 12.0. The number of fused-ring (bicyclic) bond motifs is 4. The van der Waals surface area contributed by atoms with Gasteiger partial charge in [0.15, 0.2) is 0 Å². The van der Waals surface area contributed by atoms with Gasteiger partial charge in [0.1, 0.15) is 0 Å². The molecule has 2 bridgehead atoms. The number of hydrogen-bond acceptors (Lipinski definition) is 2. The number of carbonyl (C=O) groups is 1. The molecule has 4 heteroatoms. The smallest absolute Gasteiger partial charge is 0.323 e. The topological polar surface area (TPSA) is 26.8 Å². The van der Waals surface area contributed by atoms with Crippen LogP contribution in [-0.4, -0.2) is 55.6 Å². The lowest BCUT2D eigenvalue weighted by molar-refractivity contribution is 0.0795. The number of hydrogen-bond donors (Lipinski definition) is 0. The minimum Gasteiger partial charge on any atom is -0.330 e. The summed E-state index contributed by atoms with van der Waals surface area (Å²) in [5.41, 5.74) is 2.78. The quantitative estimate of drug-likeness (QED) is 0.652. The zero-order valence-corrected chi connectivity index (χ0v) is 18.9. The van der Waals surface area contributed by atoms with E-state index in [4.69, 9.17) is 0 Å². The van der Waals surface area contributed by atoms with E-state index in [1.807, 2.05) is 19.0 Å². The van der Waals surface area contributed by atoms with Gasteiger partial charge in [0.2, 0.25) is 0 Å². The first-order chi connectivity index (χ1) is 14.5. The summed E-state index contributed by atoms with van der Waals surface area (Å²) in [7, 11) is 3.71. The Balaban J connectivity index is 1.35. The van der Waals surface area contributed by atoms with Crippen molar-refractivity contribution in [1.82, 2.24) is 9.80 Å². The molecule has 2 amide bonds. The van der Waals surface area contributed by atoms with Crippen molar-refractivity contribution in [1.29, 1.82) is 0 Å². The van der Waals surface area contributed by atoms with E-state index in [-0.39, 0.29) is 11.4 Å². The van der Waals surface area contributed by atoms with Crippen molar-refractivity contribution in [2.24, 2.45) is 17.8 Å². The van der Waals surface area contributed by atoms with Crippen LogP contribution in [0.25, 0.3) is 0 Å². The summed E-state index contributed by atoms with van der Waals surface area (Å²) in [6.07, 6.45) is 12.5. The molecule has 1 saturated carbocycles. The van der Waals surface area contributed by atoms with E-state index < -0.39 is 0 Å². The summed E-state index contributed by atoms with van der Waals surface area (Å²) >= 11 is 0. The van der Waals surface area contributed by atoms with Gasteiger partial charge in [0.05, 0.1) is 0 Å². The normalized spacial score (nSPS) is 30.9. The van der Waals surface area contributed by atoms with Crippen molar-refractivity contribution >= 4 is 11.7 Å². The third kappa shape index (κ3) is 3.28. The Kier molecular flexibility index (Phi) is 5.17. The summed E-state index contributed by atoms with van der Waals surface area (Å²) in [4.78, 5) is 19.4. The van der Waals surface area contributed by atoms with Crippen molar-refractivity contribution in [3.8, 4) is 0 Å². The van der Waals surface area contributed by atoms with Crippen LogP contribution in [-0.2, 0) is 5.41 Å². The lowest BCUT2D eigenvalue weighted by atomic mass is 9.69. The molecule has 0 radical (unpaired) electrons. The number of nitrogens with zero attached hydrogens (tertiary/aromatic N) is 3. The Morgan fingerprint density at radius 2 is 1.83 bits per heavy atom. The number of urea groups is 1. The number of carbonyl (C=O) groups excluding carboxylic acids is 1. The molecule has 4 nitrogen and oxygen atoms in total. The van der Waals surface area contributed by atoms with Crippen LogP contribution in [0.4, 0.5) is 10.5 Å². The van der Waals surface area contributed by atoms with Gasteiger partial charge in [-0.1, -0.05) is 30.4 Å². The molecule has 30 heavy (non-hydrogen) atoms. The number of piperidine rings is 1. The summed E-state index contributed by atoms with van der Waals surface area (Å²) in [6.45, 7) is 5.69. The molecule has 2 aliphatic heterocycles. The van der Waals surface area contributed by atoms with Crippen LogP contribution in [0.2, 0.25) is 0 Å². The fraction of sp³-hybridized carbons (Fsp3) is 0.654. The molecule has 0 N–H and O–H groups in total. The molecule has 1 aromatic rings. The number of allylic oxidation sites excluding steroid dienone is 2. The maximum Gasteiger partial charge on any atom is 0.323 e. The lowest BCUT2D eigenvalue weighted by Crippen LogP contribution is -2.49. The van der Waals surface area contributed by atoms with Crippen molar-refractivity contribution < 1.29 is 4.79 Å². The van der Waals surface area contributed by atoms with Gasteiger partial charge in [-0.2, -0.15) is 0 Å². The van der Waals surface area contributed by atoms with E-state index in [2.05, 4.69) is 48.2 Å². The van der Waals surface area contributed by atoms with Crippen LogP contribution in [0.1, 0.15) is 51.0 Å². The highest BCUT2D eigenvalue weighted by atomic mass is 16.2. The summed E-state index contributed by atoms with van der Waals surface area (Å²) < 4.78 is 0. The number of benzene rings is 1. The molecular weight excluding hydrogens is 370 g/mol. The highest BCUT2D eigenvalue weighted by Gasteiger charge is 2.44. The fourth-order valence-electron chi connectivity index (χ4n) is 6.96. The molecule has 2 fully saturated rings. The summed E-state index contributed by atoms with van der Waals surface area (Å²) in [5, 5.41) is 0. The minimum absolute atomic E-state index is 0.106. The number of rotatable bonds is 2. The van der Waals surface area contributed by atoms with E-state index in [9.17, 15) is 4.79 Å². The molecule has 5 rings (SSSR count). The largest absolute Gasteiger partial charge is 0.330 e. The van der Waals surface area contributed by atoms with Gasteiger partial charge >= 0.3 is 6.03 Å². The molecule has 2 heterocycles. The SMILES string of the molecule is CC(C1CC2C=CC1C2)N1CCC2(CCCN(C(=O)N(C)C)c3ccccc32)CC1. The minimum atomic E-state index is 0.106. The average molecular weight is 408 g/mol.